The molecule has 2 saturated heterocycles. The minimum Gasteiger partial charge on any atom is -0.469 e. The molecule has 1 aromatic carbocycles. The average molecular weight is 317 g/mol. The first-order valence-electron chi connectivity index (χ1n) is 7.72. The second-order valence-electron chi connectivity index (χ2n) is 5.95. The van der Waals surface area contributed by atoms with Gasteiger partial charge in [0.2, 0.25) is 6.41 Å². The number of carbonyl (C=O) groups is 3. The smallest absolute Gasteiger partial charge is 0.338 e. The predicted octanol–water partition coefficient (Wildman–Crippen LogP) is 1.39. The first-order chi connectivity index (χ1) is 11.2. The number of amides is 1. The van der Waals surface area contributed by atoms with Gasteiger partial charge in [0, 0.05) is 18.5 Å². The number of carbonyl (C=O) groups excluding carboxylic acids is 3. The fraction of sp³-hybridized carbons (Fsp3) is 0.471. The molecule has 4 atom stereocenters. The largest absolute Gasteiger partial charge is 0.469 e. The quantitative estimate of drug-likeness (QED) is 0.620. The summed E-state index contributed by atoms with van der Waals surface area (Å²) in [5.41, 5.74) is 0.446. The van der Waals surface area contributed by atoms with Gasteiger partial charge in [0.1, 0.15) is 12.0 Å². The molecule has 122 valence electrons. The van der Waals surface area contributed by atoms with Crippen LogP contribution in [0.5, 0.6) is 0 Å². The molecule has 0 saturated carbocycles. The number of methoxy groups -OCH3 is 1. The zero-order chi connectivity index (χ0) is 16.4. The molecular weight excluding hydrogens is 298 g/mol. The van der Waals surface area contributed by atoms with E-state index in [1.54, 1.807) is 29.2 Å². The topological polar surface area (TPSA) is 72.9 Å². The Labute approximate surface area is 134 Å². The van der Waals surface area contributed by atoms with E-state index in [-0.39, 0.29) is 12.1 Å². The lowest BCUT2D eigenvalue weighted by Gasteiger charge is -2.40. The summed E-state index contributed by atoms with van der Waals surface area (Å²) in [6.45, 7) is 0. The number of nitrogens with zero attached hydrogens (tertiary/aromatic N) is 1. The van der Waals surface area contributed by atoms with Gasteiger partial charge in [-0.1, -0.05) is 18.2 Å². The Morgan fingerprint density at radius 3 is 2.61 bits per heavy atom. The highest BCUT2D eigenvalue weighted by Gasteiger charge is 2.52. The number of fused-ring (bicyclic) bond motifs is 2. The molecule has 0 aromatic heterocycles. The Morgan fingerprint density at radius 2 is 1.96 bits per heavy atom. The molecule has 0 aliphatic carbocycles. The van der Waals surface area contributed by atoms with Crippen molar-refractivity contribution in [3.8, 4) is 0 Å². The normalized spacial score (nSPS) is 29.0. The molecule has 1 aromatic rings. The minimum atomic E-state index is -0.628. The highest BCUT2D eigenvalue weighted by Crippen LogP contribution is 2.40. The molecule has 0 N–H and O–H groups in total. The molecule has 2 aliphatic rings. The molecule has 3 unspecified atom stereocenters. The second kappa shape index (κ2) is 6.40. The zero-order valence-corrected chi connectivity index (χ0v) is 12.9. The van der Waals surface area contributed by atoms with Crippen molar-refractivity contribution >= 4 is 18.3 Å². The lowest BCUT2D eigenvalue weighted by atomic mass is 9.87. The van der Waals surface area contributed by atoms with Crippen LogP contribution in [0.15, 0.2) is 30.3 Å². The standard InChI is InChI=1S/C17H19NO5/c1-22-17(21)15-13-8-7-12(18(13)10-19)9-14(15)23-16(20)11-5-3-2-4-6-11/h2-6,10,12-15H,7-9H2,1H3/t12?,13-,14?,15?/m1/s1. The molecule has 0 spiro atoms. The van der Waals surface area contributed by atoms with Crippen molar-refractivity contribution in [2.75, 3.05) is 7.11 Å². The van der Waals surface area contributed by atoms with Crippen molar-refractivity contribution in [1.29, 1.82) is 0 Å². The van der Waals surface area contributed by atoms with Crippen LogP contribution in [0.1, 0.15) is 29.6 Å². The first-order valence-corrected chi connectivity index (χ1v) is 7.72. The van der Waals surface area contributed by atoms with Gasteiger partial charge in [-0.25, -0.2) is 4.79 Å². The first kappa shape index (κ1) is 15.5. The van der Waals surface area contributed by atoms with Gasteiger partial charge < -0.3 is 14.4 Å². The second-order valence-corrected chi connectivity index (χ2v) is 5.95. The summed E-state index contributed by atoms with van der Waals surface area (Å²) in [6, 6.07) is 8.44. The summed E-state index contributed by atoms with van der Waals surface area (Å²) in [4.78, 5) is 37.5. The molecular formula is C17H19NO5. The summed E-state index contributed by atoms with van der Waals surface area (Å²) in [5.74, 6) is -1.52. The molecule has 2 aliphatic heterocycles. The van der Waals surface area contributed by atoms with Crippen LogP contribution < -0.4 is 0 Å². The van der Waals surface area contributed by atoms with Crippen molar-refractivity contribution in [2.24, 2.45) is 5.92 Å². The summed E-state index contributed by atoms with van der Waals surface area (Å²) < 4.78 is 10.5. The maximum absolute atomic E-state index is 12.3. The molecule has 6 heteroatoms. The van der Waals surface area contributed by atoms with Crippen LogP contribution in [0.2, 0.25) is 0 Å². The van der Waals surface area contributed by atoms with E-state index < -0.39 is 24.0 Å². The van der Waals surface area contributed by atoms with Gasteiger partial charge in [0.15, 0.2) is 0 Å². The van der Waals surface area contributed by atoms with Gasteiger partial charge in [0.25, 0.3) is 0 Å². The van der Waals surface area contributed by atoms with Crippen LogP contribution in [-0.2, 0) is 19.1 Å². The van der Waals surface area contributed by atoms with E-state index in [9.17, 15) is 14.4 Å². The number of esters is 2. The maximum Gasteiger partial charge on any atom is 0.338 e. The number of ether oxygens (including phenoxy) is 2. The predicted molar refractivity (Wildman–Crippen MR) is 80.5 cm³/mol. The molecule has 1 amide bonds. The van der Waals surface area contributed by atoms with Crippen molar-refractivity contribution in [3.05, 3.63) is 35.9 Å². The van der Waals surface area contributed by atoms with Crippen LogP contribution in [0, 0.1) is 5.92 Å². The van der Waals surface area contributed by atoms with Crippen LogP contribution in [-0.4, -0.2) is 48.5 Å². The van der Waals surface area contributed by atoms with E-state index in [1.807, 2.05) is 6.07 Å². The molecule has 23 heavy (non-hydrogen) atoms. The number of piperidine rings is 1. The van der Waals surface area contributed by atoms with Crippen molar-refractivity contribution < 1.29 is 23.9 Å². The van der Waals surface area contributed by atoms with Crippen molar-refractivity contribution in [3.63, 3.8) is 0 Å². The zero-order valence-electron chi connectivity index (χ0n) is 12.9. The summed E-state index contributed by atoms with van der Waals surface area (Å²) in [5, 5.41) is 0. The Kier molecular flexibility index (Phi) is 4.32. The lowest BCUT2D eigenvalue weighted by Crippen LogP contribution is -2.54. The average Bonchev–Trinajstić information content (AvgIpc) is 2.88. The van der Waals surface area contributed by atoms with E-state index in [4.69, 9.17) is 9.47 Å². The molecule has 3 rings (SSSR count). The van der Waals surface area contributed by atoms with Crippen LogP contribution in [0.4, 0.5) is 0 Å². The fourth-order valence-electron chi connectivity index (χ4n) is 3.71. The van der Waals surface area contributed by atoms with E-state index in [2.05, 4.69) is 0 Å². The van der Waals surface area contributed by atoms with Crippen molar-refractivity contribution in [1.82, 2.24) is 4.90 Å². The van der Waals surface area contributed by atoms with Crippen LogP contribution in [0.3, 0.4) is 0 Å². The Balaban J connectivity index is 1.81. The SMILES string of the molecule is COC(=O)C1C(OC(=O)c2ccccc2)CC2CC[C@H]1N2C=O. The molecule has 2 heterocycles. The number of hydrogen-bond donors (Lipinski definition) is 0. The summed E-state index contributed by atoms with van der Waals surface area (Å²) in [7, 11) is 1.31. The third kappa shape index (κ3) is 2.81. The Bertz CT molecular complexity index is 602. The summed E-state index contributed by atoms with van der Waals surface area (Å²) >= 11 is 0. The highest BCUT2D eigenvalue weighted by molar-refractivity contribution is 5.89. The van der Waals surface area contributed by atoms with Crippen LogP contribution in [0.25, 0.3) is 0 Å². The highest BCUT2D eigenvalue weighted by atomic mass is 16.6. The fourth-order valence-corrected chi connectivity index (χ4v) is 3.71. The number of benzene rings is 1. The lowest BCUT2D eigenvalue weighted by molar-refractivity contribution is -0.157. The number of rotatable bonds is 4. The Morgan fingerprint density at radius 1 is 1.22 bits per heavy atom. The van der Waals surface area contributed by atoms with E-state index in [1.165, 1.54) is 7.11 Å². The third-order valence-electron chi connectivity index (χ3n) is 4.78. The Hall–Kier alpha value is -2.37. The molecule has 2 fully saturated rings. The minimum absolute atomic E-state index is 0.0204. The summed E-state index contributed by atoms with van der Waals surface area (Å²) in [6.07, 6.45) is 2.23. The van der Waals surface area contributed by atoms with Crippen molar-refractivity contribution in [2.45, 2.75) is 37.5 Å². The molecule has 0 radical (unpaired) electrons. The molecule has 6 nitrogen and oxygen atoms in total. The van der Waals surface area contributed by atoms with Gasteiger partial charge in [-0.2, -0.15) is 0 Å². The van der Waals surface area contributed by atoms with E-state index in [0.29, 0.717) is 12.0 Å². The van der Waals surface area contributed by atoms with Crippen LogP contribution >= 0.6 is 0 Å². The maximum atomic E-state index is 12.3. The number of hydrogen-bond acceptors (Lipinski definition) is 5. The van der Waals surface area contributed by atoms with Gasteiger partial charge in [-0.05, 0) is 25.0 Å². The molecule has 2 bridgehead atoms. The van der Waals surface area contributed by atoms with E-state index >= 15 is 0 Å². The van der Waals surface area contributed by atoms with Gasteiger partial charge >= 0.3 is 11.9 Å². The monoisotopic (exact) mass is 317 g/mol. The van der Waals surface area contributed by atoms with E-state index in [0.717, 1.165) is 19.3 Å². The van der Waals surface area contributed by atoms with Gasteiger partial charge in [-0.3, -0.25) is 9.59 Å². The van der Waals surface area contributed by atoms with Gasteiger partial charge in [-0.15, -0.1) is 0 Å². The van der Waals surface area contributed by atoms with Gasteiger partial charge in [0.05, 0.1) is 12.7 Å². The third-order valence-corrected chi connectivity index (χ3v) is 4.78.